The molecule has 0 unspecified atom stereocenters. The van der Waals surface area contributed by atoms with Crippen LogP contribution >= 0.6 is 0 Å². The highest BCUT2D eigenvalue weighted by atomic mass is 16.5. The summed E-state index contributed by atoms with van der Waals surface area (Å²) in [7, 11) is 1.59. The second-order valence-corrected chi connectivity index (χ2v) is 8.81. The number of benzene rings is 2. The zero-order valence-electron chi connectivity index (χ0n) is 18.7. The van der Waals surface area contributed by atoms with E-state index in [1.165, 1.54) is 10.5 Å². The fraction of sp³-hybridized carbons (Fsp3) is 0.423. The first-order chi connectivity index (χ1) is 15.5. The van der Waals surface area contributed by atoms with Crippen molar-refractivity contribution in [2.75, 3.05) is 20.3 Å². The Bertz CT molecular complexity index is 1030. The van der Waals surface area contributed by atoms with Gasteiger partial charge in [0.1, 0.15) is 0 Å². The van der Waals surface area contributed by atoms with Gasteiger partial charge in [-0.3, -0.25) is 19.3 Å². The zero-order chi connectivity index (χ0) is 22.7. The van der Waals surface area contributed by atoms with Gasteiger partial charge in [0.25, 0.3) is 0 Å². The maximum absolute atomic E-state index is 13.6. The number of aryl methyl sites for hydroxylation is 2. The maximum Gasteiger partial charge on any atom is 0.240 e. The van der Waals surface area contributed by atoms with Crippen LogP contribution < -0.4 is 5.32 Å². The SMILES string of the molecule is COCCCN1C(=O)C[C@@](CC(=O)N[C@@H]2CCc3ccccc32)(c2ccccc2C)C1=O. The van der Waals surface area contributed by atoms with Crippen molar-refractivity contribution in [2.45, 2.75) is 50.5 Å². The molecule has 0 spiro atoms. The second-order valence-electron chi connectivity index (χ2n) is 8.81. The fourth-order valence-electron chi connectivity index (χ4n) is 5.17. The van der Waals surface area contributed by atoms with Gasteiger partial charge in [-0.05, 0) is 48.4 Å². The summed E-state index contributed by atoms with van der Waals surface area (Å²) < 4.78 is 5.08. The van der Waals surface area contributed by atoms with Crippen LogP contribution in [-0.4, -0.2) is 42.9 Å². The Hall–Kier alpha value is -2.99. The summed E-state index contributed by atoms with van der Waals surface area (Å²) in [6, 6.07) is 15.6. The van der Waals surface area contributed by atoms with Gasteiger partial charge in [-0.25, -0.2) is 0 Å². The highest BCUT2D eigenvalue weighted by molar-refractivity contribution is 6.11. The third kappa shape index (κ3) is 4.07. The number of hydrogen-bond acceptors (Lipinski definition) is 4. The molecule has 0 saturated carbocycles. The monoisotopic (exact) mass is 434 g/mol. The van der Waals surface area contributed by atoms with Crippen LogP contribution in [0.4, 0.5) is 0 Å². The minimum Gasteiger partial charge on any atom is -0.385 e. The van der Waals surface area contributed by atoms with E-state index in [1.807, 2.05) is 49.4 Å². The smallest absolute Gasteiger partial charge is 0.240 e. The van der Waals surface area contributed by atoms with Gasteiger partial charge in [-0.2, -0.15) is 0 Å². The highest BCUT2D eigenvalue weighted by Crippen LogP contribution is 2.42. The van der Waals surface area contributed by atoms with E-state index in [1.54, 1.807) is 7.11 Å². The number of nitrogens with one attached hydrogen (secondary N) is 1. The van der Waals surface area contributed by atoms with Gasteiger partial charge in [0.2, 0.25) is 17.7 Å². The average molecular weight is 435 g/mol. The summed E-state index contributed by atoms with van der Waals surface area (Å²) in [5, 5.41) is 3.14. The standard InChI is InChI=1S/C26H30N2O4/c1-18-8-3-6-11-21(18)26(17-24(30)28(25(26)31)14-7-15-32-2)16-23(29)27-22-13-12-19-9-4-5-10-20(19)22/h3-6,8-11,22H,7,12-17H2,1-2H3,(H,27,29)/t22-,26+/m1/s1. The number of amides is 3. The molecule has 1 saturated heterocycles. The van der Waals surface area contributed by atoms with Crippen molar-refractivity contribution in [3.8, 4) is 0 Å². The molecule has 2 aromatic rings. The molecule has 32 heavy (non-hydrogen) atoms. The molecule has 0 aromatic heterocycles. The summed E-state index contributed by atoms with van der Waals surface area (Å²) >= 11 is 0. The van der Waals surface area contributed by atoms with Crippen LogP contribution in [0.15, 0.2) is 48.5 Å². The zero-order valence-corrected chi connectivity index (χ0v) is 18.7. The van der Waals surface area contributed by atoms with Gasteiger partial charge in [-0.15, -0.1) is 0 Å². The van der Waals surface area contributed by atoms with Crippen molar-refractivity contribution < 1.29 is 19.1 Å². The normalized spacial score (nSPS) is 22.3. The van der Waals surface area contributed by atoms with E-state index in [2.05, 4.69) is 11.4 Å². The predicted octanol–water partition coefficient (Wildman–Crippen LogP) is 3.22. The molecule has 1 N–H and O–H groups in total. The van der Waals surface area contributed by atoms with Gasteiger partial charge in [0.15, 0.2) is 0 Å². The quantitative estimate of drug-likeness (QED) is 0.511. The van der Waals surface area contributed by atoms with Crippen LogP contribution in [0, 0.1) is 6.92 Å². The first-order valence-electron chi connectivity index (χ1n) is 11.2. The van der Waals surface area contributed by atoms with Crippen LogP contribution in [0.25, 0.3) is 0 Å². The molecular formula is C26H30N2O4. The van der Waals surface area contributed by atoms with E-state index in [0.717, 1.165) is 29.5 Å². The number of imide groups is 1. The number of carbonyl (C=O) groups is 3. The lowest BCUT2D eigenvalue weighted by molar-refractivity contribution is -0.141. The summed E-state index contributed by atoms with van der Waals surface area (Å²) in [4.78, 5) is 41.1. The molecule has 6 nitrogen and oxygen atoms in total. The lowest BCUT2D eigenvalue weighted by Gasteiger charge is -2.29. The largest absolute Gasteiger partial charge is 0.385 e. The topological polar surface area (TPSA) is 75.7 Å². The molecule has 1 heterocycles. The third-order valence-corrected chi connectivity index (χ3v) is 6.73. The van der Waals surface area contributed by atoms with Crippen LogP contribution in [0.3, 0.4) is 0 Å². The number of nitrogens with zero attached hydrogens (tertiary/aromatic N) is 1. The summed E-state index contributed by atoms with van der Waals surface area (Å²) in [6.07, 6.45) is 2.32. The maximum atomic E-state index is 13.6. The molecule has 2 aromatic carbocycles. The molecule has 0 bridgehead atoms. The third-order valence-electron chi connectivity index (χ3n) is 6.73. The Morgan fingerprint density at radius 3 is 2.69 bits per heavy atom. The summed E-state index contributed by atoms with van der Waals surface area (Å²) in [6.45, 7) is 2.69. The van der Waals surface area contributed by atoms with Crippen molar-refractivity contribution in [3.63, 3.8) is 0 Å². The molecule has 3 amide bonds. The van der Waals surface area contributed by atoms with Crippen LogP contribution in [0.5, 0.6) is 0 Å². The number of ether oxygens (including phenoxy) is 1. The summed E-state index contributed by atoms with van der Waals surface area (Å²) in [5.74, 6) is -0.710. The Kier molecular flexibility index (Phi) is 6.42. The van der Waals surface area contributed by atoms with E-state index in [0.29, 0.717) is 19.6 Å². The first kappa shape index (κ1) is 22.2. The molecule has 6 heteroatoms. The minimum atomic E-state index is -1.17. The second kappa shape index (κ2) is 9.25. The van der Waals surface area contributed by atoms with Crippen molar-refractivity contribution in [1.82, 2.24) is 10.2 Å². The van der Waals surface area contributed by atoms with Gasteiger partial charge in [0, 0.05) is 33.1 Å². The number of carbonyl (C=O) groups excluding carboxylic acids is 3. The fourth-order valence-corrected chi connectivity index (χ4v) is 5.17. The Labute approximate surface area is 188 Å². The minimum absolute atomic E-state index is 0.0122. The van der Waals surface area contributed by atoms with Crippen molar-refractivity contribution >= 4 is 17.7 Å². The molecule has 1 aliphatic carbocycles. The lowest BCUT2D eigenvalue weighted by Crippen LogP contribution is -2.43. The van der Waals surface area contributed by atoms with Crippen LogP contribution in [0.2, 0.25) is 0 Å². The van der Waals surface area contributed by atoms with Gasteiger partial charge < -0.3 is 10.1 Å². The van der Waals surface area contributed by atoms with Crippen molar-refractivity contribution in [1.29, 1.82) is 0 Å². The summed E-state index contributed by atoms with van der Waals surface area (Å²) in [5.41, 5.74) is 2.89. The number of rotatable bonds is 8. The molecular weight excluding hydrogens is 404 g/mol. The van der Waals surface area contributed by atoms with E-state index in [-0.39, 0.29) is 36.6 Å². The van der Waals surface area contributed by atoms with E-state index < -0.39 is 5.41 Å². The number of fused-ring (bicyclic) bond motifs is 1. The number of likely N-dealkylation sites (tertiary alicyclic amines) is 1. The van der Waals surface area contributed by atoms with Gasteiger partial charge in [-0.1, -0.05) is 48.5 Å². The number of hydrogen-bond donors (Lipinski definition) is 1. The van der Waals surface area contributed by atoms with E-state index in [4.69, 9.17) is 4.74 Å². The Morgan fingerprint density at radius 2 is 1.91 bits per heavy atom. The lowest BCUT2D eigenvalue weighted by atomic mass is 9.74. The highest BCUT2D eigenvalue weighted by Gasteiger charge is 2.54. The molecule has 2 aliphatic rings. The molecule has 1 aliphatic heterocycles. The Balaban J connectivity index is 1.60. The Morgan fingerprint density at radius 1 is 1.16 bits per heavy atom. The van der Waals surface area contributed by atoms with Crippen molar-refractivity contribution in [3.05, 3.63) is 70.8 Å². The van der Waals surface area contributed by atoms with Crippen LogP contribution in [-0.2, 0) is 31.0 Å². The molecule has 1 fully saturated rings. The van der Waals surface area contributed by atoms with E-state index >= 15 is 0 Å². The van der Waals surface area contributed by atoms with Gasteiger partial charge >= 0.3 is 0 Å². The molecule has 2 atom stereocenters. The van der Waals surface area contributed by atoms with Gasteiger partial charge in [0.05, 0.1) is 11.5 Å². The van der Waals surface area contributed by atoms with Crippen LogP contribution in [0.1, 0.15) is 54.0 Å². The first-order valence-corrected chi connectivity index (χ1v) is 11.2. The molecule has 4 rings (SSSR count). The molecule has 0 radical (unpaired) electrons. The van der Waals surface area contributed by atoms with Crippen molar-refractivity contribution in [2.24, 2.45) is 0 Å². The average Bonchev–Trinajstić information content (AvgIpc) is 3.28. The predicted molar refractivity (Wildman–Crippen MR) is 121 cm³/mol. The van der Waals surface area contributed by atoms with E-state index in [9.17, 15) is 14.4 Å². The molecule has 168 valence electrons. The number of methoxy groups -OCH3 is 1.